The van der Waals surface area contributed by atoms with Gasteiger partial charge in [0.2, 0.25) is 0 Å². The monoisotopic (exact) mass is 469 g/mol. The number of benzene rings is 2. The first kappa shape index (κ1) is 22.0. The lowest BCUT2D eigenvalue weighted by atomic mass is 10.1. The van der Waals surface area contributed by atoms with Gasteiger partial charge in [-0.1, -0.05) is 30.0 Å². The summed E-state index contributed by atoms with van der Waals surface area (Å²) in [6.45, 7) is 3.33. The van der Waals surface area contributed by atoms with E-state index < -0.39 is 17.5 Å². The van der Waals surface area contributed by atoms with Gasteiger partial charge in [0.15, 0.2) is 10.9 Å². The number of hydrogen-bond donors (Lipinski definition) is 0. The molecule has 4 rings (SSSR count). The van der Waals surface area contributed by atoms with Gasteiger partial charge in [-0.3, -0.25) is 14.9 Å². The molecule has 0 spiro atoms. The van der Waals surface area contributed by atoms with Gasteiger partial charge in [-0.15, -0.1) is 11.3 Å². The predicted molar refractivity (Wildman–Crippen MR) is 121 cm³/mol. The van der Waals surface area contributed by atoms with Gasteiger partial charge >= 0.3 is 5.97 Å². The molecule has 0 aliphatic carbocycles. The Kier molecular flexibility index (Phi) is 6.24. The van der Waals surface area contributed by atoms with E-state index in [0.29, 0.717) is 9.24 Å². The van der Waals surface area contributed by atoms with E-state index in [2.05, 4.69) is 4.98 Å². The van der Waals surface area contributed by atoms with Crippen molar-refractivity contribution in [1.29, 1.82) is 0 Å². The number of nitrogens with zero attached hydrogens (tertiary/aromatic N) is 3. The summed E-state index contributed by atoms with van der Waals surface area (Å²) in [4.78, 5) is 42.8. The molecule has 0 unspecified atom stereocenters. The molecule has 3 aromatic rings. The van der Waals surface area contributed by atoms with Crippen molar-refractivity contribution in [1.82, 2.24) is 4.98 Å². The second-order valence-electron chi connectivity index (χ2n) is 7.32. The number of amides is 1. The van der Waals surface area contributed by atoms with Crippen LogP contribution < -0.4 is 4.90 Å². The van der Waals surface area contributed by atoms with Gasteiger partial charge in [0, 0.05) is 39.8 Å². The fourth-order valence-electron chi connectivity index (χ4n) is 3.57. The Morgan fingerprint density at radius 3 is 2.81 bits per heavy atom. The van der Waals surface area contributed by atoms with Crippen LogP contribution in [0.15, 0.2) is 57.1 Å². The molecular formula is C22H19N3O5S2. The highest BCUT2D eigenvalue weighted by atomic mass is 32.2. The summed E-state index contributed by atoms with van der Waals surface area (Å²) in [5, 5.41) is 13.1. The highest BCUT2D eigenvalue weighted by Crippen LogP contribution is 2.35. The first-order valence-corrected chi connectivity index (χ1v) is 11.5. The number of nitro benzene ring substituents is 1. The molecule has 1 aromatic heterocycles. The number of hydrogen-bond acceptors (Lipinski definition) is 8. The van der Waals surface area contributed by atoms with Crippen molar-refractivity contribution in [3.63, 3.8) is 0 Å². The number of carbonyl (C=O) groups is 2. The molecule has 10 heteroatoms. The minimum atomic E-state index is -0.794. The van der Waals surface area contributed by atoms with Crippen LogP contribution >= 0.6 is 23.1 Å². The molecule has 0 fully saturated rings. The van der Waals surface area contributed by atoms with E-state index in [1.165, 1.54) is 41.3 Å². The molecule has 0 bridgehead atoms. The van der Waals surface area contributed by atoms with E-state index in [4.69, 9.17) is 4.74 Å². The minimum Gasteiger partial charge on any atom is -0.452 e. The smallest absolute Gasteiger partial charge is 0.340 e. The van der Waals surface area contributed by atoms with Gasteiger partial charge in [0.25, 0.3) is 11.6 Å². The molecule has 0 saturated carbocycles. The van der Waals surface area contributed by atoms with Crippen molar-refractivity contribution in [2.45, 2.75) is 35.5 Å². The van der Waals surface area contributed by atoms with Crippen LogP contribution in [0.1, 0.15) is 28.5 Å². The van der Waals surface area contributed by atoms with E-state index in [-0.39, 0.29) is 23.2 Å². The summed E-state index contributed by atoms with van der Waals surface area (Å²) >= 11 is 2.63. The zero-order valence-electron chi connectivity index (χ0n) is 17.3. The van der Waals surface area contributed by atoms with Gasteiger partial charge in [-0.05, 0) is 38.0 Å². The van der Waals surface area contributed by atoms with Crippen molar-refractivity contribution in [2.75, 3.05) is 11.5 Å². The Bertz CT molecular complexity index is 1210. The number of thiazole rings is 1. The third-order valence-corrected chi connectivity index (χ3v) is 7.12. The second-order valence-corrected chi connectivity index (χ2v) is 9.46. The molecule has 1 atom stereocenters. The molecule has 32 heavy (non-hydrogen) atoms. The van der Waals surface area contributed by atoms with Crippen LogP contribution in [0.4, 0.5) is 11.4 Å². The number of nitro groups is 1. The molecular weight excluding hydrogens is 450 g/mol. The Labute approximate surface area is 192 Å². The fraction of sp³-hybridized carbons (Fsp3) is 0.227. The zero-order chi connectivity index (χ0) is 22.8. The SMILES string of the molecule is Cc1csc(Sc2ccc([N+](=O)[O-])cc2C(=O)OCC(=O)N2c3ccccc3C[C@H]2C)n1. The van der Waals surface area contributed by atoms with E-state index in [1.807, 2.05) is 43.5 Å². The van der Waals surface area contributed by atoms with Crippen molar-refractivity contribution < 1.29 is 19.2 Å². The second kappa shape index (κ2) is 9.09. The lowest BCUT2D eigenvalue weighted by Gasteiger charge is -2.22. The van der Waals surface area contributed by atoms with Crippen molar-refractivity contribution in [2.24, 2.45) is 0 Å². The number of ether oxygens (including phenoxy) is 1. The largest absolute Gasteiger partial charge is 0.452 e. The van der Waals surface area contributed by atoms with Crippen LogP contribution in [0, 0.1) is 17.0 Å². The van der Waals surface area contributed by atoms with Crippen molar-refractivity contribution in [3.05, 3.63) is 74.8 Å². The van der Waals surface area contributed by atoms with Gasteiger partial charge in [0.05, 0.1) is 10.5 Å². The maximum absolute atomic E-state index is 12.8. The Morgan fingerprint density at radius 2 is 2.09 bits per heavy atom. The summed E-state index contributed by atoms with van der Waals surface area (Å²) in [5.41, 5.74) is 2.52. The summed E-state index contributed by atoms with van der Waals surface area (Å²) in [6, 6.07) is 11.6. The lowest BCUT2D eigenvalue weighted by Crippen LogP contribution is -2.38. The van der Waals surface area contributed by atoms with Gasteiger partial charge < -0.3 is 9.64 Å². The van der Waals surface area contributed by atoms with Crippen molar-refractivity contribution >= 4 is 46.3 Å². The number of esters is 1. The average Bonchev–Trinajstić information content (AvgIpc) is 3.33. The molecule has 8 nitrogen and oxygen atoms in total. The van der Waals surface area contributed by atoms with Gasteiger partial charge in [0.1, 0.15) is 0 Å². The van der Waals surface area contributed by atoms with Crippen molar-refractivity contribution in [3.8, 4) is 0 Å². The number of fused-ring (bicyclic) bond motifs is 1. The molecule has 0 radical (unpaired) electrons. The third-order valence-electron chi connectivity index (χ3n) is 4.99. The number of anilines is 1. The van der Waals surface area contributed by atoms with Crippen LogP contribution in [-0.2, 0) is 16.0 Å². The number of carbonyl (C=O) groups excluding carboxylic acids is 2. The molecule has 2 heterocycles. The first-order valence-electron chi connectivity index (χ1n) is 9.79. The number of aryl methyl sites for hydroxylation is 1. The number of rotatable bonds is 6. The molecule has 1 aliphatic heterocycles. The van der Waals surface area contributed by atoms with E-state index in [0.717, 1.165) is 23.4 Å². The van der Waals surface area contributed by atoms with Crippen LogP contribution in [0.3, 0.4) is 0 Å². The van der Waals surface area contributed by atoms with Crippen LogP contribution in [0.2, 0.25) is 0 Å². The standard InChI is InChI=1S/C22H19N3O5S2/c1-13-12-31-22(23-13)32-19-8-7-16(25(28)29)10-17(19)21(27)30-11-20(26)24-14(2)9-15-5-3-4-6-18(15)24/h3-8,10,12,14H,9,11H2,1-2H3/t14-/m1/s1. The number of para-hydroxylation sites is 1. The molecule has 0 saturated heterocycles. The summed E-state index contributed by atoms with van der Waals surface area (Å²) < 4.78 is 6.00. The first-order chi connectivity index (χ1) is 15.3. The van der Waals surface area contributed by atoms with Crippen LogP contribution in [-0.4, -0.2) is 34.4 Å². The van der Waals surface area contributed by atoms with E-state index >= 15 is 0 Å². The van der Waals surface area contributed by atoms with Gasteiger partial charge in [-0.25, -0.2) is 9.78 Å². The lowest BCUT2D eigenvalue weighted by molar-refractivity contribution is -0.384. The van der Waals surface area contributed by atoms with Crippen LogP contribution in [0.25, 0.3) is 0 Å². The van der Waals surface area contributed by atoms with E-state index in [9.17, 15) is 19.7 Å². The highest BCUT2D eigenvalue weighted by molar-refractivity contribution is 8.01. The molecule has 2 aromatic carbocycles. The summed E-state index contributed by atoms with van der Waals surface area (Å²) in [7, 11) is 0. The Morgan fingerprint density at radius 1 is 1.31 bits per heavy atom. The predicted octanol–water partition coefficient (Wildman–Crippen LogP) is 4.65. The normalized spacial score (nSPS) is 14.8. The zero-order valence-corrected chi connectivity index (χ0v) is 18.9. The maximum atomic E-state index is 12.8. The Hall–Kier alpha value is -3.24. The number of aromatic nitrogens is 1. The van der Waals surface area contributed by atoms with E-state index in [1.54, 1.807) is 4.90 Å². The summed E-state index contributed by atoms with van der Waals surface area (Å²) in [5.74, 6) is -1.14. The molecule has 0 N–H and O–H groups in total. The average molecular weight is 470 g/mol. The molecule has 1 amide bonds. The number of non-ortho nitro benzene ring substituents is 1. The third kappa shape index (κ3) is 4.51. The summed E-state index contributed by atoms with van der Waals surface area (Å²) in [6.07, 6.45) is 0.731. The quantitative estimate of drug-likeness (QED) is 0.294. The molecule has 1 aliphatic rings. The topological polar surface area (TPSA) is 103 Å². The van der Waals surface area contributed by atoms with Crippen LogP contribution in [0.5, 0.6) is 0 Å². The Balaban J connectivity index is 1.52. The maximum Gasteiger partial charge on any atom is 0.340 e. The highest BCUT2D eigenvalue weighted by Gasteiger charge is 2.31. The van der Waals surface area contributed by atoms with Gasteiger partial charge in [-0.2, -0.15) is 0 Å². The molecule has 164 valence electrons. The minimum absolute atomic E-state index is 0.0275. The fourth-order valence-corrected chi connectivity index (χ4v) is 5.47.